The summed E-state index contributed by atoms with van der Waals surface area (Å²) in [5.41, 5.74) is 8.97. The monoisotopic (exact) mass is 630 g/mol. The molecule has 4 heteroatoms. The molecule has 4 aliphatic rings. The molecule has 7 unspecified atom stereocenters. The summed E-state index contributed by atoms with van der Waals surface area (Å²) in [5, 5.41) is 0. The molecule has 8 atom stereocenters. The molecular weight excluding hydrogens is 554 g/mol. The predicted molar refractivity (Wildman–Crippen MR) is 190 cm³/mol. The number of hydrogen-bond donors (Lipinski definition) is 1. The Labute approximate surface area is 279 Å². The lowest BCUT2D eigenvalue weighted by atomic mass is 9.47. The number of allylic oxidation sites excluding steroid dienone is 1. The van der Waals surface area contributed by atoms with Crippen molar-refractivity contribution in [1.29, 1.82) is 0 Å². The molecule has 4 nitrogen and oxygen atoms in total. The highest BCUT2D eigenvalue weighted by atomic mass is 16.5. The van der Waals surface area contributed by atoms with Gasteiger partial charge in [-0.25, -0.2) is 0 Å². The highest BCUT2D eigenvalue weighted by molar-refractivity contribution is 5.25. The summed E-state index contributed by atoms with van der Waals surface area (Å²) >= 11 is 0. The summed E-state index contributed by atoms with van der Waals surface area (Å²) in [5.74, 6) is 4.63. The highest BCUT2D eigenvalue weighted by Crippen LogP contribution is 2.66. The Morgan fingerprint density at radius 3 is 2.27 bits per heavy atom. The van der Waals surface area contributed by atoms with Crippen LogP contribution in [0.1, 0.15) is 163 Å². The Morgan fingerprint density at radius 2 is 1.51 bits per heavy atom. The number of unbranched alkanes of at least 4 members (excludes halogenated alkanes) is 7. The van der Waals surface area contributed by atoms with Crippen molar-refractivity contribution in [3.63, 3.8) is 0 Å². The summed E-state index contributed by atoms with van der Waals surface area (Å²) in [6.07, 6.45) is 29.8. The third-order valence-electron chi connectivity index (χ3n) is 13.2. The summed E-state index contributed by atoms with van der Waals surface area (Å²) in [7, 11) is 0. The molecule has 0 saturated heterocycles. The fourth-order valence-corrected chi connectivity index (χ4v) is 10.4. The third kappa shape index (κ3) is 10.5. The normalized spacial score (nSPS) is 33.5. The van der Waals surface area contributed by atoms with Crippen molar-refractivity contribution in [1.82, 2.24) is 0 Å². The number of hydrogen-bond acceptors (Lipinski definition) is 4. The number of ether oxygens (including phenoxy) is 3. The average Bonchev–Trinajstić information content (AvgIpc) is 3.36. The molecule has 45 heavy (non-hydrogen) atoms. The van der Waals surface area contributed by atoms with Crippen LogP contribution in [0.2, 0.25) is 0 Å². The molecule has 3 saturated carbocycles. The smallest absolute Gasteiger partial charge is 0.0640 e. The largest absolute Gasteiger partial charge is 0.380 e. The van der Waals surface area contributed by atoms with Crippen molar-refractivity contribution in [2.75, 3.05) is 33.0 Å². The molecule has 0 aromatic heterocycles. The Hall–Kier alpha value is -0.420. The van der Waals surface area contributed by atoms with Gasteiger partial charge in [0.25, 0.3) is 0 Å². The van der Waals surface area contributed by atoms with E-state index in [-0.39, 0.29) is 6.04 Å². The summed E-state index contributed by atoms with van der Waals surface area (Å²) in [6.45, 7) is 16.0. The van der Waals surface area contributed by atoms with Gasteiger partial charge in [0, 0.05) is 19.8 Å². The maximum atomic E-state index is 6.47. The van der Waals surface area contributed by atoms with Crippen LogP contribution in [0.25, 0.3) is 0 Å². The fraction of sp³-hybridized carbons (Fsp3) is 0.951. The molecule has 0 radical (unpaired) electrons. The van der Waals surface area contributed by atoms with Gasteiger partial charge in [0.2, 0.25) is 0 Å². The van der Waals surface area contributed by atoms with E-state index >= 15 is 0 Å². The van der Waals surface area contributed by atoms with Crippen molar-refractivity contribution in [3.8, 4) is 0 Å². The second-order valence-corrected chi connectivity index (χ2v) is 16.9. The molecule has 0 aliphatic heterocycles. The SMILES string of the molecule is CCCCCCCCOCC(N)COCCCCOC1CCC2(C)C(=CC[C@@H]3C2CCC2(C)C(CCCCC(C)C)CCC32)C1. The number of fused-ring (bicyclic) bond motifs is 5. The van der Waals surface area contributed by atoms with Gasteiger partial charge in [-0.15, -0.1) is 0 Å². The molecule has 4 aliphatic carbocycles. The Bertz CT molecular complexity index is 858. The van der Waals surface area contributed by atoms with Crippen LogP contribution >= 0.6 is 0 Å². The molecule has 4 rings (SSSR count). The second kappa shape index (κ2) is 18.9. The van der Waals surface area contributed by atoms with Gasteiger partial charge < -0.3 is 19.9 Å². The van der Waals surface area contributed by atoms with Crippen LogP contribution in [0.15, 0.2) is 11.6 Å². The van der Waals surface area contributed by atoms with Gasteiger partial charge in [-0.2, -0.15) is 0 Å². The van der Waals surface area contributed by atoms with Crippen molar-refractivity contribution < 1.29 is 14.2 Å². The first-order valence-electron chi connectivity index (χ1n) is 20.0. The maximum absolute atomic E-state index is 6.47. The summed E-state index contributed by atoms with van der Waals surface area (Å²) < 4.78 is 18.1. The van der Waals surface area contributed by atoms with Crippen molar-refractivity contribution in [2.45, 2.75) is 175 Å². The van der Waals surface area contributed by atoms with E-state index in [4.69, 9.17) is 19.9 Å². The van der Waals surface area contributed by atoms with Crippen LogP contribution in [0.3, 0.4) is 0 Å². The number of rotatable bonds is 22. The van der Waals surface area contributed by atoms with Crippen molar-refractivity contribution in [2.24, 2.45) is 46.2 Å². The van der Waals surface area contributed by atoms with E-state index < -0.39 is 0 Å². The molecule has 0 aromatic rings. The second-order valence-electron chi connectivity index (χ2n) is 16.9. The summed E-state index contributed by atoms with van der Waals surface area (Å²) in [6, 6.07) is -0.0196. The minimum atomic E-state index is -0.0196. The molecule has 262 valence electrons. The molecule has 3 fully saturated rings. The minimum Gasteiger partial charge on any atom is -0.380 e. The lowest BCUT2D eigenvalue weighted by Crippen LogP contribution is -2.50. The Kier molecular flexibility index (Phi) is 15.7. The van der Waals surface area contributed by atoms with Gasteiger partial charge in [0.1, 0.15) is 0 Å². The molecule has 0 bridgehead atoms. The van der Waals surface area contributed by atoms with Crippen LogP contribution < -0.4 is 5.73 Å². The van der Waals surface area contributed by atoms with Gasteiger partial charge in [-0.05, 0) is 117 Å². The van der Waals surface area contributed by atoms with Crippen LogP contribution in [0.5, 0.6) is 0 Å². The molecule has 0 heterocycles. The summed E-state index contributed by atoms with van der Waals surface area (Å²) in [4.78, 5) is 0. The standard InChI is InChI=1S/C41H75NO3/c1-6-7-8-9-10-13-26-43-30-35(42)31-44-27-14-15-28-45-36-22-24-41(5)34(29-36)18-20-37-38-21-19-33(17-12-11-16-32(2)3)40(38,4)25-23-39(37)41/h18,32-33,35-39H,6-17,19-31,42H2,1-5H3/t33?,35?,36?,37-,38?,39?,40?,41?/m0/s1. The zero-order chi connectivity index (χ0) is 32.1. The first kappa shape index (κ1) is 37.4. The van der Waals surface area contributed by atoms with Crippen LogP contribution in [0.4, 0.5) is 0 Å². The molecule has 2 N–H and O–H groups in total. The van der Waals surface area contributed by atoms with Crippen molar-refractivity contribution >= 4 is 0 Å². The maximum Gasteiger partial charge on any atom is 0.0640 e. The lowest BCUT2D eigenvalue weighted by molar-refractivity contribution is -0.0592. The molecule has 0 aromatic carbocycles. The zero-order valence-corrected chi connectivity index (χ0v) is 30.6. The fourth-order valence-electron chi connectivity index (χ4n) is 10.4. The van der Waals surface area contributed by atoms with Crippen molar-refractivity contribution in [3.05, 3.63) is 11.6 Å². The van der Waals surface area contributed by atoms with Gasteiger partial charge in [0.15, 0.2) is 0 Å². The lowest BCUT2D eigenvalue weighted by Gasteiger charge is -2.58. The third-order valence-corrected chi connectivity index (χ3v) is 13.2. The number of nitrogens with two attached hydrogens (primary N) is 1. The van der Waals surface area contributed by atoms with E-state index in [1.807, 2.05) is 0 Å². The van der Waals surface area contributed by atoms with E-state index in [0.717, 1.165) is 68.7 Å². The first-order valence-corrected chi connectivity index (χ1v) is 20.0. The predicted octanol–water partition coefficient (Wildman–Crippen LogP) is 10.7. The van der Waals surface area contributed by atoms with E-state index in [1.54, 1.807) is 5.57 Å². The Balaban J connectivity index is 1.09. The van der Waals surface area contributed by atoms with Crippen LogP contribution in [0, 0.1) is 40.4 Å². The topological polar surface area (TPSA) is 53.7 Å². The van der Waals surface area contributed by atoms with E-state index in [0.29, 0.717) is 30.1 Å². The van der Waals surface area contributed by atoms with E-state index in [9.17, 15) is 0 Å². The van der Waals surface area contributed by atoms with Gasteiger partial charge in [-0.3, -0.25) is 0 Å². The van der Waals surface area contributed by atoms with Crippen LogP contribution in [-0.4, -0.2) is 45.2 Å². The molecule has 0 amide bonds. The van der Waals surface area contributed by atoms with E-state index in [1.165, 1.54) is 109 Å². The van der Waals surface area contributed by atoms with Gasteiger partial charge >= 0.3 is 0 Å². The minimum absolute atomic E-state index is 0.0196. The van der Waals surface area contributed by atoms with Gasteiger partial charge in [-0.1, -0.05) is 97.6 Å². The zero-order valence-electron chi connectivity index (χ0n) is 30.6. The Morgan fingerprint density at radius 1 is 0.800 bits per heavy atom. The molecular formula is C41H75NO3. The van der Waals surface area contributed by atoms with Crippen LogP contribution in [-0.2, 0) is 14.2 Å². The highest BCUT2D eigenvalue weighted by Gasteiger charge is 2.58. The van der Waals surface area contributed by atoms with E-state index in [2.05, 4.69) is 40.7 Å². The van der Waals surface area contributed by atoms with Gasteiger partial charge in [0.05, 0.1) is 25.4 Å². The average molecular weight is 630 g/mol. The first-order chi connectivity index (χ1) is 21.8. The quantitative estimate of drug-likeness (QED) is 0.0956. The molecule has 0 spiro atoms.